The van der Waals surface area contributed by atoms with E-state index in [-0.39, 0.29) is 22.3 Å². The number of rotatable bonds is 2. The monoisotopic (exact) mass is 232 g/mol. The van der Waals surface area contributed by atoms with Crippen molar-refractivity contribution < 1.29 is 24.9 Å². The summed E-state index contributed by atoms with van der Waals surface area (Å²) in [6, 6.07) is 6.74. The molecule has 5 heteroatoms. The summed E-state index contributed by atoms with van der Waals surface area (Å²) in [4.78, 5) is 22.1. The molecule has 5 nitrogen and oxygen atoms in total. The molecule has 2 aromatic carbocycles. The van der Waals surface area contributed by atoms with E-state index in [1.165, 1.54) is 18.2 Å². The number of carbonyl (C=O) groups is 2. The Kier molecular flexibility index (Phi) is 2.44. The number of aromatic carboxylic acids is 2. The van der Waals surface area contributed by atoms with Gasteiger partial charge in [0.1, 0.15) is 5.75 Å². The highest BCUT2D eigenvalue weighted by Gasteiger charge is 2.16. The molecular formula is C12H8O5. The third-order valence-corrected chi connectivity index (χ3v) is 2.42. The maximum absolute atomic E-state index is 11.0. The van der Waals surface area contributed by atoms with Gasteiger partial charge in [-0.2, -0.15) is 0 Å². The molecule has 0 aliphatic heterocycles. The zero-order chi connectivity index (χ0) is 12.6. The molecule has 2 aromatic rings. The lowest BCUT2D eigenvalue weighted by atomic mass is 9.99. The highest BCUT2D eigenvalue weighted by Crippen LogP contribution is 2.27. The smallest absolute Gasteiger partial charge is 0.336 e. The molecule has 0 heterocycles. The van der Waals surface area contributed by atoms with Gasteiger partial charge in [0.2, 0.25) is 0 Å². The molecule has 0 spiro atoms. The lowest BCUT2D eigenvalue weighted by Crippen LogP contribution is -2.03. The van der Waals surface area contributed by atoms with E-state index >= 15 is 0 Å². The summed E-state index contributed by atoms with van der Waals surface area (Å²) < 4.78 is 0. The SMILES string of the molecule is O=C(O)c1cccc2cc(O)cc(C(=O)O)c12. The standard InChI is InChI=1S/C12H8O5/c13-7-4-6-2-1-3-8(11(14)15)10(6)9(5-7)12(16)17/h1-5,13H,(H,14,15)(H,16,17). The number of hydrogen-bond acceptors (Lipinski definition) is 3. The molecule has 17 heavy (non-hydrogen) atoms. The highest BCUT2D eigenvalue weighted by atomic mass is 16.4. The predicted octanol–water partition coefficient (Wildman–Crippen LogP) is 1.94. The summed E-state index contributed by atoms with van der Waals surface area (Å²) in [5.41, 5.74) is -0.321. The zero-order valence-electron chi connectivity index (χ0n) is 8.54. The molecule has 0 atom stereocenters. The summed E-state index contributed by atoms with van der Waals surface area (Å²) in [6.07, 6.45) is 0. The van der Waals surface area contributed by atoms with E-state index in [9.17, 15) is 14.7 Å². The minimum absolute atomic E-state index is 0.0973. The summed E-state index contributed by atoms with van der Waals surface area (Å²) in [5, 5.41) is 27.9. The second-order valence-corrected chi connectivity index (χ2v) is 3.51. The fourth-order valence-electron chi connectivity index (χ4n) is 1.76. The largest absolute Gasteiger partial charge is 0.508 e. The first-order chi connectivity index (χ1) is 8.00. The van der Waals surface area contributed by atoms with Crippen molar-refractivity contribution in [3.8, 4) is 5.75 Å². The molecule has 0 bridgehead atoms. The Morgan fingerprint density at radius 1 is 0.941 bits per heavy atom. The first-order valence-corrected chi connectivity index (χ1v) is 4.73. The van der Waals surface area contributed by atoms with Gasteiger partial charge in [-0.1, -0.05) is 12.1 Å². The Bertz CT molecular complexity index is 630. The van der Waals surface area contributed by atoms with Crippen LogP contribution in [-0.2, 0) is 0 Å². The lowest BCUT2D eigenvalue weighted by molar-refractivity contribution is 0.0695. The van der Waals surface area contributed by atoms with Crippen LogP contribution >= 0.6 is 0 Å². The Morgan fingerprint density at radius 3 is 2.18 bits per heavy atom. The van der Waals surface area contributed by atoms with Crippen molar-refractivity contribution in [2.75, 3.05) is 0 Å². The maximum Gasteiger partial charge on any atom is 0.336 e. The van der Waals surface area contributed by atoms with Crippen LogP contribution in [0.4, 0.5) is 0 Å². The van der Waals surface area contributed by atoms with Crippen LogP contribution in [0.2, 0.25) is 0 Å². The normalized spacial score (nSPS) is 10.4. The van der Waals surface area contributed by atoms with Gasteiger partial charge in [-0.3, -0.25) is 0 Å². The average Bonchev–Trinajstić information content (AvgIpc) is 2.26. The molecule has 86 valence electrons. The molecule has 0 amide bonds. The quantitative estimate of drug-likeness (QED) is 0.735. The second kappa shape index (κ2) is 3.79. The van der Waals surface area contributed by atoms with Gasteiger partial charge in [0.15, 0.2) is 0 Å². The Balaban J connectivity index is 2.96. The molecule has 0 aromatic heterocycles. The van der Waals surface area contributed by atoms with Crippen molar-refractivity contribution in [1.82, 2.24) is 0 Å². The summed E-state index contributed by atoms with van der Waals surface area (Å²) in [7, 11) is 0. The number of hydrogen-bond donors (Lipinski definition) is 3. The molecule has 3 N–H and O–H groups in total. The minimum atomic E-state index is -1.28. The van der Waals surface area contributed by atoms with E-state index < -0.39 is 11.9 Å². The van der Waals surface area contributed by atoms with Crippen molar-refractivity contribution in [2.24, 2.45) is 0 Å². The average molecular weight is 232 g/mol. The molecule has 0 saturated heterocycles. The molecule has 0 aliphatic rings. The van der Waals surface area contributed by atoms with Gasteiger partial charge < -0.3 is 15.3 Å². The lowest BCUT2D eigenvalue weighted by Gasteiger charge is -2.07. The number of phenolic OH excluding ortho intramolecular Hbond substituents is 1. The minimum Gasteiger partial charge on any atom is -0.508 e. The summed E-state index contributed by atoms with van der Waals surface area (Å²) in [6.45, 7) is 0. The van der Waals surface area contributed by atoms with Crippen LogP contribution in [0.5, 0.6) is 5.75 Å². The number of carboxylic acids is 2. The van der Waals surface area contributed by atoms with Crippen LogP contribution in [0.25, 0.3) is 10.8 Å². The topological polar surface area (TPSA) is 94.8 Å². The first kappa shape index (κ1) is 10.9. The fraction of sp³-hybridized carbons (Fsp3) is 0. The molecule has 0 aliphatic carbocycles. The predicted molar refractivity (Wildman–Crippen MR) is 59.5 cm³/mol. The molecule has 0 fully saturated rings. The number of phenols is 1. The van der Waals surface area contributed by atoms with Gasteiger partial charge in [-0.25, -0.2) is 9.59 Å². The van der Waals surface area contributed by atoms with E-state index in [1.807, 2.05) is 0 Å². The van der Waals surface area contributed by atoms with Crippen molar-refractivity contribution in [2.45, 2.75) is 0 Å². The fourth-order valence-corrected chi connectivity index (χ4v) is 1.76. The van der Waals surface area contributed by atoms with Gasteiger partial charge in [-0.05, 0) is 23.6 Å². The van der Waals surface area contributed by atoms with E-state index in [4.69, 9.17) is 10.2 Å². The van der Waals surface area contributed by atoms with Gasteiger partial charge in [0, 0.05) is 5.39 Å². The second-order valence-electron chi connectivity index (χ2n) is 3.51. The molecule has 0 unspecified atom stereocenters. The third kappa shape index (κ3) is 1.78. The molecule has 0 radical (unpaired) electrons. The molecular weight excluding hydrogens is 224 g/mol. The van der Waals surface area contributed by atoms with Crippen molar-refractivity contribution in [1.29, 1.82) is 0 Å². The van der Waals surface area contributed by atoms with Crippen molar-refractivity contribution >= 4 is 22.7 Å². The van der Waals surface area contributed by atoms with E-state index in [2.05, 4.69) is 0 Å². The Hall–Kier alpha value is -2.56. The maximum atomic E-state index is 11.0. The highest BCUT2D eigenvalue weighted by molar-refractivity contribution is 6.13. The van der Waals surface area contributed by atoms with Crippen LogP contribution < -0.4 is 0 Å². The summed E-state index contributed by atoms with van der Waals surface area (Å²) >= 11 is 0. The number of carboxylic acid groups (broad SMARTS) is 2. The van der Waals surface area contributed by atoms with Crippen LogP contribution in [0, 0.1) is 0 Å². The molecule has 2 rings (SSSR count). The van der Waals surface area contributed by atoms with E-state index in [0.29, 0.717) is 5.39 Å². The first-order valence-electron chi connectivity index (χ1n) is 4.73. The van der Waals surface area contributed by atoms with Crippen LogP contribution in [0.15, 0.2) is 30.3 Å². The zero-order valence-corrected chi connectivity index (χ0v) is 8.54. The Morgan fingerprint density at radius 2 is 1.59 bits per heavy atom. The number of benzene rings is 2. The van der Waals surface area contributed by atoms with Crippen LogP contribution in [0.1, 0.15) is 20.7 Å². The van der Waals surface area contributed by atoms with Gasteiger partial charge in [0.25, 0.3) is 0 Å². The summed E-state index contributed by atoms with van der Waals surface area (Å²) in [5.74, 6) is -2.69. The van der Waals surface area contributed by atoms with Gasteiger partial charge >= 0.3 is 11.9 Å². The third-order valence-electron chi connectivity index (χ3n) is 2.42. The number of aromatic hydroxyl groups is 1. The van der Waals surface area contributed by atoms with Crippen LogP contribution in [0.3, 0.4) is 0 Å². The number of fused-ring (bicyclic) bond motifs is 1. The van der Waals surface area contributed by atoms with E-state index in [1.54, 1.807) is 6.07 Å². The van der Waals surface area contributed by atoms with Gasteiger partial charge in [-0.15, -0.1) is 0 Å². The van der Waals surface area contributed by atoms with Gasteiger partial charge in [0.05, 0.1) is 11.1 Å². The van der Waals surface area contributed by atoms with Crippen molar-refractivity contribution in [3.63, 3.8) is 0 Å². The van der Waals surface area contributed by atoms with Crippen LogP contribution in [-0.4, -0.2) is 27.3 Å². The van der Waals surface area contributed by atoms with E-state index in [0.717, 1.165) is 6.07 Å². The van der Waals surface area contributed by atoms with Crippen molar-refractivity contribution in [3.05, 3.63) is 41.5 Å². The molecule has 0 saturated carbocycles. The Labute approximate surface area is 95.5 Å².